The maximum absolute atomic E-state index is 14.3. The summed E-state index contributed by atoms with van der Waals surface area (Å²) in [5, 5.41) is 35.3. The number of aliphatic hydroxyl groups is 2. The molecular weight excluding hydrogens is 648 g/mol. The molecule has 0 saturated carbocycles. The Balaban J connectivity index is 1.14. The molecule has 1 aromatic carbocycles. The van der Waals surface area contributed by atoms with Crippen LogP contribution >= 0.6 is 0 Å². The minimum atomic E-state index is -4.28. The minimum absolute atomic E-state index is 0.100. The highest BCUT2D eigenvalue weighted by Crippen LogP contribution is 2.42. The van der Waals surface area contributed by atoms with Gasteiger partial charge >= 0.3 is 28.5 Å². The number of rotatable bonds is 15. The molecule has 4 rings (SSSR count). The number of amides is 1. The van der Waals surface area contributed by atoms with E-state index in [4.69, 9.17) is 24.1 Å². The first-order valence-corrected chi connectivity index (χ1v) is 14.8. The van der Waals surface area contributed by atoms with E-state index in [0.717, 1.165) is 12.3 Å². The Morgan fingerprint density at radius 3 is 2.52 bits per heavy atom. The molecule has 21 heteroatoms. The van der Waals surface area contributed by atoms with Crippen molar-refractivity contribution in [3.8, 4) is 5.88 Å². The molecule has 0 radical (unpaired) electrons. The van der Waals surface area contributed by atoms with E-state index in [1.54, 1.807) is 6.07 Å². The number of alkyl halides is 2. The van der Waals surface area contributed by atoms with Crippen LogP contribution in [0.15, 0.2) is 61.9 Å². The van der Waals surface area contributed by atoms with Crippen LogP contribution in [0.25, 0.3) is 0 Å². The van der Waals surface area contributed by atoms with Gasteiger partial charge in [-0.3, -0.25) is 18.8 Å². The van der Waals surface area contributed by atoms with Gasteiger partial charge in [-0.2, -0.15) is 13.8 Å². The van der Waals surface area contributed by atoms with Crippen molar-refractivity contribution in [2.45, 2.75) is 47.1 Å². The maximum atomic E-state index is 14.3. The molecule has 0 spiro atoms. The van der Waals surface area contributed by atoms with E-state index in [1.807, 2.05) is 0 Å². The quantitative estimate of drug-likeness (QED) is 0.0987. The number of hydrogen-bond donors (Lipinski definition) is 3. The Morgan fingerprint density at radius 2 is 1.85 bits per heavy atom. The highest BCUT2D eigenvalue weighted by atomic mass is 32.2. The SMILES string of the molecule is O=C(CCC(=O)OCCOCCOc1no[n+]([O-])c1S(=O)(=O)c1ccccc1)Nc1ccn([C@@H]2O[C@H](CO)[C@@H](O)C2(F)F)c(=O)n1. The summed E-state index contributed by atoms with van der Waals surface area (Å²) < 4.78 is 79.0. The average Bonchev–Trinajstić information content (AvgIpc) is 3.51. The monoisotopic (exact) mass is 675 g/mol. The predicted octanol–water partition coefficient (Wildman–Crippen LogP) is -1.06. The van der Waals surface area contributed by atoms with E-state index in [9.17, 15) is 41.9 Å². The van der Waals surface area contributed by atoms with Crippen LogP contribution in [0.3, 0.4) is 0 Å². The number of carbonyl (C=O) groups is 2. The first-order chi connectivity index (χ1) is 21.9. The normalized spacial score (nSPS) is 19.1. The standard InChI is InChI=1S/C25H27F2N5O13S/c26-25(27)20(36)16(14-33)44-23(25)31-9-8-17(29-24(31)37)28-18(34)6-7-19(35)42-12-10-41-11-13-43-21-22(32(38)45-30-21)46(39,40)15-4-2-1-3-5-15/h1-5,8-9,16,20,23,33,36H,6-7,10-14H2,(H,28,29,34,37)/t16-,20-,23-/m1/s1. The number of nitrogens with zero attached hydrogens (tertiary/aromatic N) is 4. The van der Waals surface area contributed by atoms with Crippen LogP contribution in [0.4, 0.5) is 14.6 Å². The van der Waals surface area contributed by atoms with E-state index < -0.39 is 69.3 Å². The van der Waals surface area contributed by atoms with Crippen LogP contribution in [-0.4, -0.2) is 96.4 Å². The molecule has 18 nitrogen and oxygen atoms in total. The van der Waals surface area contributed by atoms with Gasteiger partial charge in [-0.1, -0.05) is 18.2 Å². The summed E-state index contributed by atoms with van der Waals surface area (Å²) in [6.45, 7) is -1.57. The van der Waals surface area contributed by atoms with Gasteiger partial charge < -0.3 is 39.7 Å². The first kappa shape index (κ1) is 34.3. The van der Waals surface area contributed by atoms with Gasteiger partial charge in [-0.25, -0.2) is 13.2 Å². The highest BCUT2D eigenvalue weighted by molar-refractivity contribution is 7.91. The van der Waals surface area contributed by atoms with E-state index in [-0.39, 0.29) is 54.9 Å². The number of sulfone groups is 1. The smallest absolute Gasteiger partial charge is 0.415 e. The van der Waals surface area contributed by atoms with Crippen LogP contribution in [0, 0.1) is 5.21 Å². The zero-order valence-electron chi connectivity index (χ0n) is 23.6. The first-order valence-electron chi connectivity index (χ1n) is 13.3. The summed E-state index contributed by atoms with van der Waals surface area (Å²) in [5.41, 5.74) is -1.23. The van der Waals surface area contributed by atoms with Crippen molar-refractivity contribution >= 4 is 27.5 Å². The fraction of sp³-hybridized carbons (Fsp3) is 0.440. The summed E-state index contributed by atoms with van der Waals surface area (Å²) in [7, 11) is -4.28. The molecular formula is C25H27F2N5O13S. The number of halogens is 2. The van der Waals surface area contributed by atoms with Crippen molar-refractivity contribution in [2.24, 2.45) is 0 Å². The molecule has 1 aliphatic rings. The third-order valence-corrected chi connectivity index (χ3v) is 8.00. The van der Waals surface area contributed by atoms with Crippen molar-refractivity contribution in [3.05, 3.63) is 58.3 Å². The maximum Gasteiger partial charge on any atom is 0.415 e. The summed E-state index contributed by atoms with van der Waals surface area (Å²) >= 11 is 0. The molecule has 1 amide bonds. The Bertz CT molecular complexity index is 1690. The second-order valence-corrected chi connectivity index (χ2v) is 11.3. The van der Waals surface area contributed by atoms with Crippen molar-refractivity contribution in [1.82, 2.24) is 14.7 Å². The topological polar surface area (TPSA) is 246 Å². The fourth-order valence-corrected chi connectivity index (χ4v) is 5.32. The molecule has 0 aliphatic carbocycles. The van der Waals surface area contributed by atoms with Crippen molar-refractivity contribution in [3.63, 3.8) is 0 Å². The van der Waals surface area contributed by atoms with Gasteiger partial charge in [0, 0.05) is 12.6 Å². The lowest BCUT2D eigenvalue weighted by atomic mass is 10.1. The summed E-state index contributed by atoms with van der Waals surface area (Å²) in [6, 6.07) is 8.13. The van der Waals surface area contributed by atoms with Crippen molar-refractivity contribution < 1.29 is 65.5 Å². The largest absolute Gasteiger partial charge is 0.463 e. The number of hydrogen-bond acceptors (Lipinski definition) is 15. The highest BCUT2D eigenvalue weighted by Gasteiger charge is 2.59. The Labute approximate surface area is 257 Å². The number of nitrogens with one attached hydrogen (secondary N) is 1. The number of anilines is 1. The molecule has 0 unspecified atom stereocenters. The summed E-state index contributed by atoms with van der Waals surface area (Å²) in [4.78, 5) is 39.4. The third-order valence-electron chi connectivity index (χ3n) is 6.28. The molecule has 3 heterocycles. The number of aromatic nitrogens is 4. The Morgan fingerprint density at radius 1 is 1.13 bits per heavy atom. The minimum Gasteiger partial charge on any atom is -0.463 e. The van der Waals surface area contributed by atoms with Crippen LogP contribution in [0.2, 0.25) is 0 Å². The van der Waals surface area contributed by atoms with E-state index in [0.29, 0.717) is 4.57 Å². The lowest BCUT2D eigenvalue weighted by Crippen LogP contribution is -2.41. The lowest BCUT2D eigenvalue weighted by molar-refractivity contribution is -0.832. The van der Waals surface area contributed by atoms with Gasteiger partial charge in [-0.15, -0.1) is 0 Å². The van der Waals surface area contributed by atoms with Gasteiger partial charge in [0.05, 0.1) is 36.3 Å². The molecule has 250 valence electrons. The number of carbonyl (C=O) groups excluding carboxylic acids is 2. The number of aliphatic hydroxyl groups excluding tert-OH is 2. The summed E-state index contributed by atoms with van der Waals surface area (Å²) in [5.74, 6) is -6.27. The molecule has 2 aromatic heterocycles. The second-order valence-electron chi connectivity index (χ2n) is 9.42. The average molecular weight is 676 g/mol. The van der Waals surface area contributed by atoms with Crippen LogP contribution < -0.4 is 20.6 Å². The molecule has 1 aliphatic heterocycles. The zero-order chi connectivity index (χ0) is 33.5. The van der Waals surface area contributed by atoms with Gasteiger partial charge in [0.1, 0.15) is 25.1 Å². The van der Waals surface area contributed by atoms with Gasteiger partial charge in [0.2, 0.25) is 12.1 Å². The zero-order valence-corrected chi connectivity index (χ0v) is 24.4. The van der Waals surface area contributed by atoms with Gasteiger partial charge in [0.25, 0.3) is 9.84 Å². The Kier molecular flexibility index (Phi) is 11.0. The number of esters is 1. The molecule has 0 bridgehead atoms. The molecule has 3 N–H and O–H groups in total. The van der Waals surface area contributed by atoms with Crippen molar-refractivity contribution in [1.29, 1.82) is 0 Å². The van der Waals surface area contributed by atoms with Crippen LogP contribution in [-0.2, 0) is 33.6 Å². The second kappa shape index (κ2) is 14.7. The van der Waals surface area contributed by atoms with Crippen molar-refractivity contribution in [2.75, 3.05) is 38.4 Å². The van der Waals surface area contributed by atoms with Crippen LogP contribution in [0.1, 0.15) is 19.1 Å². The predicted molar refractivity (Wildman–Crippen MR) is 143 cm³/mol. The fourth-order valence-electron chi connectivity index (χ4n) is 4.03. The summed E-state index contributed by atoms with van der Waals surface area (Å²) in [6.07, 6.45) is -6.08. The molecule has 3 aromatic rings. The third kappa shape index (κ3) is 7.80. The molecule has 3 atom stereocenters. The Hall–Kier alpha value is -4.57. The van der Waals surface area contributed by atoms with Gasteiger partial charge in [-0.05, 0) is 23.1 Å². The molecule has 1 saturated heterocycles. The van der Waals surface area contributed by atoms with E-state index in [1.165, 1.54) is 24.3 Å². The van der Waals surface area contributed by atoms with E-state index in [2.05, 4.69) is 20.1 Å². The lowest BCUT2D eigenvalue weighted by Gasteiger charge is -2.21. The van der Waals surface area contributed by atoms with Crippen LogP contribution in [0.5, 0.6) is 5.88 Å². The van der Waals surface area contributed by atoms with Gasteiger partial charge in [0.15, 0.2) is 6.10 Å². The van der Waals surface area contributed by atoms with E-state index >= 15 is 0 Å². The molecule has 1 fully saturated rings. The molecule has 46 heavy (non-hydrogen) atoms. The number of ether oxygens (including phenoxy) is 4. The number of benzene rings is 1.